The molecular weight excluding hydrogens is 393 g/mol. The maximum Gasteiger partial charge on any atom is 0.183 e. The monoisotopic (exact) mass is 412 g/mol. The number of benzene rings is 2. The highest BCUT2D eigenvalue weighted by Crippen LogP contribution is 2.17. The van der Waals surface area contributed by atoms with E-state index in [1.807, 2.05) is 0 Å². The van der Waals surface area contributed by atoms with E-state index in [9.17, 15) is 12.8 Å². The molecule has 3 rings (SSSR count). The minimum atomic E-state index is -3.28. The average molecular weight is 413 g/mol. The molecule has 0 spiro atoms. The van der Waals surface area contributed by atoms with Gasteiger partial charge in [-0.1, -0.05) is 28.1 Å². The van der Waals surface area contributed by atoms with Crippen molar-refractivity contribution in [2.24, 2.45) is 0 Å². The third-order valence-corrected chi connectivity index (χ3v) is 6.62. The van der Waals surface area contributed by atoms with Gasteiger partial charge in [0.15, 0.2) is 9.84 Å². The second-order valence-corrected chi connectivity index (χ2v) is 9.28. The van der Waals surface area contributed by atoms with Gasteiger partial charge in [0, 0.05) is 22.9 Å². The summed E-state index contributed by atoms with van der Waals surface area (Å²) in [5, 5.41) is 0. The fourth-order valence-electron chi connectivity index (χ4n) is 2.82. The minimum Gasteiger partial charge on any atom is -0.328 e. The van der Waals surface area contributed by atoms with Gasteiger partial charge in [0.1, 0.15) is 18.1 Å². The van der Waals surface area contributed by atoms with Gasteiger partial charge in [-0.3, -0.25) is 0 Å². The van der Waals surface area contributed by atoms with E-state index in [0.29, 0.717) is 17.5 Å². The van der Waals surface area contributed by atoms with Crippen molar-refractivity contribution in [3.05, 3.63) is 64.4 Å². The Labute approximate surface area is 150 Å². The van der Waals surface area contributed by atoms with Crippen molar-refractivity contribution in [1.29, 1.82) is 0 Å². The zero-order valence-electron chi connectivity index (χ0n) is 13.2. The highest BCUT2D eigenvalue weighted by atomic mass is 79.9. The average Bonchev–Trinajstić information content (AvgIpc) is 3.38. The van der Waals surface area contributed by atoms with Crippen LogP contribution >= 0.6 is 15.9 Å². The second kappa shape index (κ2) is 7.33. The first kappa shape index (κ1) is 17.6. The number of hydrogen-bond donors (Lipinski definition) is 1. The smallest absolute Gasteiger partial charge is 0.183 e. The van der Waals surface area contributed by atoms with Gasteiger partial charge >= 0.3 is 0 Å². The zero-order valence-corrected chi connectivity index (χ0v) is 15.6. The maximum absolute atomic E-state index is 13.0. The maximum atomic E-state index is 13.0. The predicted molar refractivity (Wildman–Crippen MR) is 95.2 cm³/mol. The molecule has 1 N–H and O–H groups in total. The summed E-state index contributed by atoms with van der Waals surface area (Å²) in [6.07, 6.45) is 2.27. The summed E-state index contributed by atoms with van der Waals surface area (Å²) in [6, 6.07) is 13.8. The summed E-state index contributed by atoms with van der Waals surface area (Å²) in [5.41, 5.74) is 1.04. The van der Waals surface area contributed by atoms with Gasteiger partial charge in [0.2, 0.25) is 0 Å². The van der Waals surface area contributed by atoms with E-state index >= 15 is 0 Å². The van der Waals surface area contributed by atoms with E-state index < -0.39 is 9.84 Å². The molecule has 6 heteroatoms. The molecule has 0 radical (unpaired) electrons. The number of nitrogens with one attached hydrogen (secondary N) is 1. The molecule has 24 heavy (non-hydrogen) atoms. The molecule has 0 aliphatic heterocycles. The Morgan fingerprint density at radius 1 is 1.04 bits per heavy atom. The highest BCUT2D eigenvalue weighted by Gasteiger charge is 2.34. The first-order valence-corrected chi connectivity index (χ1v) is 10.5. The number of sulfone groups is 1. The lowest BCUT2D eigenvalue weighted by Crippen LogP contribution is -3.12. The molecule has 1 aliphatic rings. The van der Waals surface area contributed by atoms with Crippen LogP contribution in [0.3, 0.4) is 0 Å². The van der Waals surface area contributed by atoms with Crippen molar-refractivity contribution in [2.75, 3.05) is 12.3 Å². The van der Waals surface area contributed by atoms with Crippen molar-refractivity contribution >= 4 is 25.8 Å². The van der Waals surface area contributed by atoms with Crippen LogP contribution in [0.25, 0.3) is 0 Å². The predicted octanol–water partition coefficient (Wildman–Crippen LogP) is 2.61. The lowest BCUT2D eigenvalue weighted by molar-refractivity contribution is -0.922. The molecule has 0 saturated heterocycles. The van der Waals surface area contributed by atoms with E-state index in [1.54, 1.807) is 36.4 Å². The molecule has 0 amide bonds. The largest absolute Gasteiger partial charge is 0.328 e. The van der Waals surface area contributed by atoms with Crippen molar-refractivity contribution < 1.29 is 17.7 Å². The number of rotatable bonds is 7. The van der Waals surface area contributed by atoms with Gasteiger partial charge in [0.05, 0.1) is 17.5 Å². The molecule has 1 saturated carbocycles. The molecule has 3 nitrogen and oxygen atoms in total. The van der Waals surface area contributed by atoms with Gasteiger partial charge < -0.3 is 4.90 Å². The summed E-state index contributed by atoms with van der Waals surface area (Å²) in [5.74, 6) is -0.119. The molecule has 128 valence electrons. The third kappa shape index (κ3) is 4.65. The van der Waals surface area contributed by atoms with E-state index in [-0.39, 0.29) is 11.6 Å². The van der Waals surface area contributed by atoms with Crippen LogP contribution in [0.15, 0.2) is 57.9 Å². The normalized spacial score (nSPS) is 16.1. The first-order valence-electron chi connectivity index (χ1n) is 8.01. The molecule has 1 fully saturated rings. The molecular formula is C18H20BrFNO2S+. The van der Waals surface area contributed by atoms with E-state index in [1.165, 1.54) is 17.0 Å². The first-order chi connectivity index (χ1) is 11.4. The SMILES string of the molecule is O=S(=O)(CC[NH+](Cc1ccc(F)cc1)C1CC1)c1ccc(Br)cc1. The summed E-state index contributed by atoms with van der Waals surface area (Å²) < 4.78 is 38.9. The van der Waals surface area contributed by atoms with Crippen LogP contribution < -0.4 is 4.90 Å². The summed E-state index contributed by atoms with van der Waals surface area (Å²) >= 11 is 3.32. The fourth-order valence-corrected chi connectivity index (χ4v) is 4.40. The van der Waals surface area contributed by atoms with Crippen LogP contribution in [-0.4, -0.2) is 26.8 Å². The van der Waals surface area contributed by atoms with Crippen molar-refractivity contribution in [2.45, 2.75) is 30.3 Å². The molecule has 0 bridgehead atoms. The lowest BCUT2D eigenvalue weighted by atomic mass is 10.2. The Kier molecular flexibility index (Phi) is 5.37. The van der Waals surface area contributed by atoms with Gasteiger partial charge in [-0.25, -0.2) is 12.8 Å². The van der Waals surface area contributed by atoms with Crippen molar-refractivity contribution in [3.63, 3.8) is 0 Å². The topological polar surface area (TPSA) is 38.6 Å². The molecule has 1 unspecified atom stereocenters. The zero-order chi connectivity index (χ0) is 17.2. The van der Waals surface area contributed by atoms with E-state index in [2.05, 4.69) is 15.9 Å². The molecule has 0 heterocycles. The lowest BCUT2D eigenvalue weighted by Gasteiger charge is -2.19. The highest BCUT2D eigenvalue weighted by molar-refractivity contribution is 9.10. The molecule has 2 aromatic carbocycles. The second-order valence-electron chi connectivity index (χ2n) is 6.26. The van der Waals surface area contributed by atoms with Gasteiger partial charge in [-0.2, -0.15) is 0 Å². The van der Waals surface area contributed by atoms with Crippen LogP contribution in [0.4, 0.5) is 4.39 Å². The van der Waals surface area contributed by atoms with Crippen molar-refractivity contribution in [1.82, 2.24) is 0 Å². The Balaban J connectivity index is 1.65. The van der Waals surface area contributed by atoms with Crippen molar-refractivity contribution in [3.8, 4) is 0 Å². The Bertz CT molecular complexity index is 787. The summed E-state index contributed by atoms with van der Waals surface area (Å²) in [6.45, 7) is 1.31. The summed E-state index contributed by atoms with van der Waals surface area (Å²) in [7, 11) is -3.28. The number of hydrogen-bond acceptors (Lipinski definition) is 2. The van der Waals surface area contributed by atoms with E-state index in [0.717, 1.165) is 29.4 Å². The number of quaternary nitrogens is 1. The quantitative estimate of drug-likeness (QED) is 0.758. The molecule has 0 aromatic heterocycles. The molecule has 1 aliphatic carbocycles. The van der Waals surface area contributed by atoms with Gasteiger partial charge in [-0.15, -0.1) is 0 Å². The van der Waals surface area contributed by atoms with Crippen LogP contribution in [0.1, 0.15) is 18.4 Å². The summed E-state index contributed by atoms with van der Waals surface area (Å²) in [4.78, 5) is 1.63. The third-order valence-electron chi connectivity index (χ3n) is 4.36. The van der Waals surface area contributed by atoms with E-state index in [4.69, 9.17) is 0 Å². The molecule has 1 atom stereocenters. The van der Waals surface area contributed by atoms with Crippen LogP contribution in [0.2, 0.25) is 0 Å². The Hall–Kier alpha value is -1.24. The molecule has 2 aromatic rings. The Morgan fingerprint density at radius 3 is 2.25 bits per heavy atom. The minimum absolute atomic E-state index is 0.127. The Morgan fingerprint density at radius 2 is 1.67 bits per heavy atom. The van der Waals surface area contributed by atoms with Crippen LogP contribution in [0, 0.1) is 5.82 Å². The fraction of sp³-hybridized carbons (Fsp3) is 0.333. The van der Waals surface area contributed by atoms with Crippen LogP contribution in [-0.2, 0) is 16.4 Å². The van der Waals surface area contributed by atoms with Gasteiger partial charge in [-0.05, 0) is 36.4 Å². The van der Waals surface area contributed by atoms with Crippen LogP contribution in [0.5, 0.6) is 0 Å². The van der Waals surface area contributed by atoms with Gasteiger partial charge in [0.25, 0.3) is 0 Å². The number of halogens is 2. The standard InChI is InChI=1S/C18H19BrFNO2S/c19-15-3-9-18(10-4-15)24(22,23)12-11-21(17-7-8-17)13-14-1-5-16(20)6-2-14/h1-6,9-10,17H,7-8,11-13H2/p+1.